The van der Waals surface area contributed by atoms with Crippen molar-refractivity contribution < 1.29 is 4.52 Å². The zero-order valence-corrected chi connectivity index (χ0v) is 11.3. The van der Waals surface area contributed by atoms with Crippen LogP contribution in [0.4, 0.5) is 0 Å². The van der Waals surface area contributed by atoms with Crippen LogP contribution in [-0.2, 0) is 18.7 Å². The molecule has 1 aromatic heterocycles. The molecule has 2 nitrogen and oxygen atoms in total. The topological polar surface area (TPSA) is 26.0 Å². The van der Waals surface area contributed by atoms with Gasteiger partial charge < -0.3 is 4.52 Å². The maximum absolute atomic E-state index is 5.91. The zero-order chi connectivity index (χ0) is 11.9. The number of hydrogen-bond acceptors (Lipinski definition) is 2. The van der Waals surface area contributed by atoms with Gasteiger partial charge in [-0.05, 0) is 19.3 Å². The highest BCUT2D eigenvalue weighted by Crippen LogP contribution is 2.22. The van der Waals surface area contributed by atoms with Crippen molar-refractivity contribution in [2.24, 2.45) is 0 Å². The fourth-order valence-electron chi connectivity index (χ4n) is 2.61. The molecule has 0 saturated heterocycles. The fourth-order valence-corrected chi connectivity index (χ4v) is 2.82. The Kier molecular flexibility index (Phi) is 5.37. The molecule has 17 heavy (non-hydrogen) atoms. The molecule has 0 aromatic carbocycles. The van der Waals surface area contributed by atoms with Crippen LogP contribution in [0.2, 0.25) is 0 Å². The molecule has 0 bridgehead atoms. The van der Waals surface area contributed by atoms with Crippen LogP contribution >= 0.6 is 11.6 Å². The summed E-state index contributed by atoms with van der Waals surface area (Å²) in [7, 11) is 0. The predicted molar refractivity (Wildman–Crippen MR) is 70.4 cm³/mol. The van der Waals surface area contributed by atoms with Gasteiger partial charge in [-0.3, -0.25) is 0 Å². The molecule has 96 valence electrons. The van der Waals surface area contributed by atoms with Crippen LogP contribution in [0, 0.1) is 0 Å². The summed E-state index contributed by atoms with van der Waals surface area (Å²) in [6.45, 7) is 0. The summed E-state index contributed by atoms with van der Waals surface area (Å²) < 4.78 is 5.45. The van der Waals surface area contributed by atoms with Gasteiger partial charge in [-0.2, -0.15) is 0 Å². The summed E-state index contributed by atoms with van der Waals surface area (Å²) in [5, 5.41) is 4.10. The molecule has 1 aromatic rings. The van der Waals surface area contributed by atoms with Crippen LogP contribution in [0.1, 0.15) is 68.4 Å². The number of halogens is 1. The van der Waals surface area contributed by atoms with Gasteiger partial charge >= 0.3 is 0 Å². The van der Waals surface area contributed by atoms with Crippen molar-refractivity contribution in [1.29, 1.82) is 0 Å². The Morgan fingerprint density at radius 3 is 2.12 bits per heavy atom. The third-order valence-electron chi connectivity index (χ3n) is 3.66. The summed E-state index contributed by atoms with van der Waals surface area (Å²) in [5.74, 6) is 1.58. The lowest BCUT2D eigenvalue weighted by atomic mass is 9.99. The third-order valence-corrected chi connectivity index (χ3v) is 3.91. The number of alkyl halides is 1. The minimum Gasteiger partial charge on any atom is -0.361 e. The largest absolute Gasteiger partial charge is 0.361 e. The number of rotatable bonds is 1. The quantitative estimate of drug-likeness (QED) is 0.684. The Morgan fingerprint density at radius 1 is 0.882 bits per heavy atom. The van der Waals surface area contributed by atoms with E-state index in [1.807, 2.05) is 0 Å². The first-order valence-electron chi connectivity index (χ1n) is 6.94. The molecular formula is C14H22ClNO. The highest BCUT2D eigenvalue weighted by atomic mass is 35.5. The summed E-state index contributed by atoms with van der Waals surface area (Å²) in [5.41, 5.74) is 2.28. The summed E-state index contributed by atoms with van der Waals surface area (Å²) in [6, 6.07) is 0. The van der Waals surface area contributed by atoms with E-state index >= 15 is 0 Å². The van der Waals surface area contributed by atoms with Crippen LogP contribution in [0.25, 0.3) is 0 Å². The van der Waals surface area contributed by atoms with Crippen LogP contribution in [0.15, 0.2) is 4.52 Å². The lowest BCUT2D eigenvalue weighted by Gasteiger charge is -2.06. The number of aryl methyl sites for hydroxylation is 1. The van der Waals surface area contributed by atoms with E-state index in [1.165, 1.54) is 56.9 Å². The molecule has 0 radical (unpaired) electrons. The Morgan fingerprint density at radius 2 is 1.47 bits per heavy atom. The van der Waals surface area contributed by atoms with Gasteiger partial charge in [-0.15, -0.1) is 11.6 Å². The maximum Gasteiger partial charge on any atom is 0.140 e. The Labute approximate surface area is 109 Å². The molecule has 0 N–H and O–H groups in total. The van der Waals surface area contributed by atoms with Gasteiger partial charge in [0.15, 0.2) is 0 Å². The molecule has 0 spiro atoms. The van der Waals surface area contributed by atoms with Crippen molar-refractivity contribution in [3.63, 3.8) is 0 Å². The predicted octanol–water partition coefficient (Wildman–Crippen LogP) is 4.63. The van der Waals surface area contributed by atoms with Crippen molar-refractivity contribution in [2.75, 3.05) is 0 Å². The van der Waals surface area contributed by atoms with Crippen LogP contribution < -0.4 is 0 Å². The van der Waals surface area contributed by atoms with Gasteiger partial charge in [0, 0.05) is 12.0 Å². The molecular weight excluding hydrogens is 234 g/mol. The Balaban J connectivity index is 2.04. The lowest BCUT2D eigenvalue weighted by molar-refractivity contribution is 0.372. The third kappa shape index (κ3) is 3.74. The van der Waals surface area contributed by atoms with E-state index in [0.29, 0.717) is 5.88 Å². The van der Waals surface area contributed by atoms with E-state index < -0.39 is 0 Å². The van der Waals surface area contributed by atoms with E-state index in [2.05, 4.69) is 5.16 Å². The molecule has 1 aliphatic carbocycles. The molecule has 2 rings (SSSR count). The molecule has 0 unspecified atom stereocenters. The first-order chi connectivity index (χ1) is 8.42. The highest BCUT2D eigenvalue weighted by molar-refractivity contribution is 6.17. The SMILES string of the molecule is ClCc1noc2c1CCCCCCCCCC2. The van der Waals surface area contributed by atoms with E-state index in [4.69, 9.17) is 16.1 Å². The van der Waals surface area contributed by atoms with Crippen LogP contribution in [0.3, 0.4) is 0 Å². The monoisotopic (exact) mass is 255 g/mol. The highest BCUT2D eigenvalue weighted by Gasteiger charge is 2.14. The van der Waals surface area contributed by atoms with Gasteiger partial charge in [0.1, 0.15) is 11.5 Å². The Hall–Kier alpha value is -0.500. The molecule has 0 atom stereocenters. The van der Waals surface area contributed by atoms with E-state index in [1.54, 1.807) is 0 Å². The Bertz CT molecular complexity index is 335. The molecule has 0 aliphatic heterocycles. The molecule has 0 amide bonds. The van der Waals surface area contributed by atoms with Gasteiger partial charge in [0.05, 0.1) is 5.88 Å². The van der Waals surface area contributed by atoms with Gasteiger partial charge in [0.25, 0.3) is 0 Å². The van der Waals surface area contributed by atoms with Crippen LogP contribution in [-0.4, -0.2) is 5.16 Å². The van der Waals surface area contributed by atoms with Gasteiger partial charge in [-0.25, -0.2) is 0 Å². The smallest absolute Gasteiger partial charge is 0.140 e. The fraction of sp³-hybridized carbons (Fsp3) is 0.786. The maximum atomic E-state index is 5.91. The van der Waals surface area contributed by atoms with Crippen molar-refractivity contribution in [2.45, 2.75) is 70.1 Å². The van der Waals surface area contributed by atoms with Crippen molar-refractivity contribution in [1.82, 2.24) is 5.16 Å². The van der Waals surface area contributed by atoms with E-state index in [9.17, 15) is 0 Å². The number of hydrogen-bond donors (Lipinski definition) is 0. The number of nitrogens with zero attached hydrogens (tertiary/aromatic N) is 1. The zero-order valence-electron chi connectivity index (χ0n) is 10.5. The molecule has 1 aliphatic rings. The second-order valence-corrected chi connectivity index (χ2v) is 5.26. The minimum atomic E-state index is 0.485. The molecule has 1 heterocycles. The average molecular weight is 256 g/mol. The molecule has 3 heteroatoms. The average Bonchev–Trinajstić information content (AvgIpc) is 2.71. The number of fused-ring (bicyclic) bond motifs is 1. The minimum absolute atomic E-state index is 0.485. The first kappa shape index (κ1) is 12.9. The van der Waals surface area contributed by atoms with Crippen molar-refractivity contribution in [3.8, 4) is 0 Å². The molecule has 0 fully saturated rings. The van der Waals surface area contributed by atoms with Crippen molar-refractivity contribution in [3.05, 3.63) is 17.0 Å². The van der Waals surface area contributed by atoms with E-state index in [-0.39, 0.29) is 0 Å². The second-order valence-electron chi connectivity index (χ2n) is 4.99. The first-order valence-corrected chi connectivity index (χ1v) is 7.47. The summed E-state index contributed by atoms with van der Waals surface area (Å²) in [6.07, 6.45) is 12.8. The van der Waals surface area contributed by atoms with Gasteiger partial charge in [0.2, 0.25) is 0 Å². The van der Waals surface area contributed by atoms with Gasteiger partial charge in [-0.1, -0.05) is 43.7 Å². The summed E-state index contributed by atoms with van der Waals surface area (Å²) >= 11 is 5.91. The molecule has 0 saturated carbocycles. The normalized spacial score (nSPS) is 19.1. The van der Waals surface area contributed by atoms with Crippen LogP contribution in [0.5, 0.6) is 0 Å². The van der Waals surface area contributed by atoms with Crippen molar-refractivity contribution >= 4 is 11.6 Å². The standard InChI is InChI=1S/C14H22ClNO/c15-11-13-12-9-7-5-3-1-2-4-6-8-10-14(12)17-16-13/h1-11H2. The summed E-state index contributed by atoms with van der Waals surface area (Å²) in [4.78, 5) is 0. The second kappa shape index (κ2) is 7.05. The number of aromatic nitrogens is 1. The van der Waals surface area contributed by atoms with E-state index in [0.717, 1.165) is 24.3 Å². The lowest BCUT2D eigenvalue weighted by Crippen LogP contribution is -1.96.